The van der Waals surface area contributed by atoms with Crippen molar-refractivity contribution >= 4 is 0 Å². The Hall–Kier alpha value is -0.0800. The van der Waals surface area contributed by atoms with Crippen LogP contribution in [0.5, 0.6) is 0 Å². The van der Waals surface area contributed by atoms with Crippen LogP contribution in [0, 0.1) is 11.8 Å². The van der Waals surface area contributed by atoms with Crippen LogP contribution in [0.4, 0.5) is 0 Å². The Morgan fingerprint density at radius 1 is 0.850 bits per heavy atom. The molecule has 0 heterocycles. The molecule has 0 aliphatic rings. The van der Waals surface area contributed by atoms with Gasteiger partial charge in [-0.15, -0.1) is 0 Å². The predicted molar refractivity (Wildman–Crippen MR) is 88.2 cm³/mol. The van der Waals surface area contributed by atoms with Crippen molar-refractivity contribution in [2.24, 2.45) is 11.8 Å². The zero-order valence-electron chi connectivity index (χ0n) is 14.6. The van der Waals surface area contributed by atoms with Crippen molar-refractivity contribution < 1.29 is 9.47 Å². The van der Waals surface area contributed by atoms with Crippen molar-refractivity contribution in [3.63, 3.8) is 0 Å². The van der Waals surface area contributed by atoms with Crippen LogP contribution in [0.1, 0.15) is 78.6 Å². The van der Waals surface area contributed by atoms with Crippen LogP contribution in [0.25, 0.3) is 0 Å². The van der Waals surface area contributed by atoms with E-state index in [2.05, 4.69) is 20.8 Å². The van der Waals surface area contributed by atoms with E-state index < -0.39 is 0 Å². The van der Waals surface area contributed by atoms with Crippen molar-refractivity contribution in [3.8, 4) is 0 Å². The molecular weight excluding hydrogens is 248 g/mol. The molecule has 0 aromatic rings. The average Bonchev–Trinajstić information content (AvgIpc) is 2.47. The topological polar surface area (TPSA) is 18.5 Å². The van der Waals surface area contributed by atoms with Crippen LogP contribution in [-0.2, 0) is 9.47 Å². The van der Waals surface area contributed by atoms with E-state index in [-0.39, 0.29) is 0 Å². The lowest BCUT2D eigenvalue weighted by molar-refractivity contribution is -0.00265. The molecule has 2 nitrogen and oxygen atoms in total. The van der Waals surface area contributed by atoms with Gasteiger partial charge in [-0.25, -0.2) is 0 Å². The smallest absolute Gasteiger partial charge is 0.0621 e. The van der Waals surface area contributed by atoms with Crippen LogP contribution in [0.3, 0.4) is 0 Å². The van der Waals surface area contributed by atoms with E-state index in [1.165, 1.54) is 57.8 Å². The summed E-state index contributed by atoms with van der Waals surface area (Å²) in [7, 11) is 3.69. The van der Waals surface area contributed by atoms with Crippen molar-refractivity contribution in [1.29, 1.82) is 0 Å². The molecule has 0 aromatic heterocycles. The number of hydrogen-bond acceptors (Lipinski definition) is 2. The first kappa shape index (κ1) is 19.9. The Morgan fingerprint density at radius 3 is 2.05 bits per heavy atom. The Kier molecular flexibility index (Phi) is 13.8. The molecule has 0 N–H and O–H groups in total. The normalized spacial score (nSPS) is 16.1. The first-order valence-electron chi connectivity index (χ1n) is 8.75. The second-order valence-corrected chi connectivity index (χ2v) is 6.14. The molecule has 0 rings (SSSR count). The van der Waals surface area contributed by atoms with Crippen LogP contribution in [0.15, 0.2) is 0 Å². The molecule has 2 heteroatoms. The minimum atomic E-state index is 0.372. The maximum atomic E-state index is 5.78. The lowest BCUT2D eigenvalue weighted by Gasteiger charge is -2.29. The van der Waals surface area contributed by atoms with Gasteiger partial charge in [-0.2, -0.15) is 0 Å². The van der Waals surface area contributed by atoms with Crippen LogP contribution in [0.2, 0.25) is 0 Å². The van der Waals surface area contributed by atoms with Gasteiger partial charge >= 0.3 is 0 Å². The van der Waals surface area contributed by atoms with Crippen LogP contribution < -0.4 is 0 Å². The minimum absolute atomic E-state index is 0.372. The molecule has 0 aliphatic heterocycles. The average molecular weight is 286 g/mol. The highest BCUT2D eigenvalue weighted by Crippen LogP contribution is 2.27. The third-order valence-electron chi connectivity index (χ3n) is 4.48. The molecule has 0 spiro atoms. The molecular formula is C18H38O2. The number of unbranched alkanes of at least 4 members (excludes halogenated alkanes) is 3. The first-order chi connectivity index (χ1) is 9.73. The lowest BCUT2D eigenvalue weighted by Crippen LogP contribution is -2.29. The third-order valence-corrected chi connectivity index (χ3v) is 4.48. The van der Waals surface area contributed by atoms with Gasteiger partial charge in [0.15, 0.2) is 0 Å². The zero-order valence-corrected chi connectivity index (χ0v) is 14.6. The van der Waals surface area contributed by atoms with E-state index in [1.807, 2.05) is 14.2 Å². The van der Waals surface area contributed by atoms with Gasteiger partial charge < -0.3 is 9.47 Å². The molecule has 0 fully saturated rings. The lowest BCUT2D eigenvalue weighted by atomic mass is 9.84. The van der Waals surface area contributed by atoms with Gasteiger partial charge in [0.25, 0.3) is 0 Å². The first-order valence-corrected chi connectivity index (χ1v) is 8.75. The number of rotatable bonds is 14. The fraction of sp³-hybridized carbons (Fsp3) is 1.00. The zero-order chi connectivity index (χ0) is 15.2. The Morgan fingerprint density at radius 2 is 1.55 bits per heavy atom. The largest absolute Gasteiger partial charge is 0.384 e. The van der Waals surface area contributed by atoms with Crippen LogP contribution in [-0.4, -0.2) is 26.9 Å². The number of methoxy groups -OCH3 is 2. The molecule has 3 unspecified atom stereocenters. The van der Waals surface area contributed by atoms with Gasteiger partial charge in [0.05, 0.1) is 12.7 Å². The van der Waals surface area contributed by atoms with Crippen molar-refractivity contribution in [2.45, 2.75) is 84.7 Å². The Balaban J connectivity index is 4.39. The summed E-state index contributed by atoms with van der Waals surface area (Å²) >= 11 is 0. The highest BCUT2D eigenvalue weighted by molar-refractivity contribution is 4.74. The van der Waals surface area contributed by atoms with Crippen molar-refractivity contribution in [2.75, 3.05) is 20.8 Å². The Labute approximate surface area is 127 Å². The van der Waals surface area contributed by atoms with Gasteiger partial charge in [-0.3, -0.25) is 0 Å². The van der Waals surface area contributed by atoms with E-state index in [1.54, 1.807) is 0 Å². The number of hydrogen-bond donors (Lipinski definition) is 0. The molecule has 0 aromatic carbocycles. The second-order valence-electron chi connectivity index (χ2n) is 6.14. The quantitative estimate of drug-likeness (QED) is 0.395. The van der Waals surface area contributed by atoms with Gasteiger partial charge in [0.1, 0.15) is 0 Å². The molecule has 0 saturated carbocycles. The van der Waals surface area contributed by atoms with Gasteiger partial charge in [0, 0.05) is 20.1 Å². The molecule has 0 saturated heterocycles. The highest BCUT2D eigenvalue weighted by Gasteiger charge is 2.24. The van der Waals surface area contributed by atoms with E-state index in [0.717, 1.165) is 12.5 Å². The van der Waals surface area contributed by atoms with Gasteiger partial charge in [0.2, 0.25) is 0 Å². The SMILES string of the molecule is CCCCCC(OC)C(COC)CC(CC)CCCC. The molecule has 0 amide bonds. The van der Waals surface area contributed by atoms with E-state index in [0.29, 0.717) is 12.0 Å². The molecule has 0 radical (unpaired) electrons. The van der Waals surface area contributed by atoms with Crippen LogP contribution >= 0.6 is 0 Å². The van der Waals surface area contributed by atoms with Gasteiger partial charge in [-0.05, 0) is 18.8 Å². The summed E-state index contributed by atoms with van der Waals surface area (Å²) in [5.41, 5.74) is 0. The fourth-order valence-electron chi connectivity index (χ4n) is 3.09. The van der Waals surface area contributed by atoms with E-state index in [9.17, 15) is 0 Å². The molecule has 122 valence electrons. The third kappa shape index (κ3) is 8.97. The minimum Gasteiger partial charge on any atom is -0.384 e. The second kappa shape index (κ2) is 13.9. The molecule has 3 atom stereocenters. The standard InChI is InChI=1S/C18H38O2/c1-6-9-11-13-18(20-5)17(15-19-4)14-16(8-3)12-10-7-2/h16-18H,6-15H2,1-5H3. The number of ether oxygens (including phenoxy) is 2. The highest BCUT2D eigenvalue weighted by atomic mass is 16.5. The summed E-state index contributed by atoms with van der Waals surface area (Å²) < 4.78 is 11.2. The molecule has 0 aliphatic carbocycles. The summed E-state index contributed by atoms with van der Waals surface area (Å²) in [4.78, 5) is 0. The maximum absolute atomic E-state index is 5.78. The van der Waals surface area contributed by atoms with Crippen molar-refractivity contribution in [1.82, 2.24) is 0 Å². The van der Waals surface area contributed by atoms with E-state index in [4.69, 9.17) is 9.47 Å². The summed E-state index contributed by atoms with van der Waals surface area (Å²) in [5.74, 6) is 1.39. The van der Waals surface area contributed by atoms with E-state index >= 15 is 0 Å². The molecule has 20 heavy (non-hydrogen) atoms. The maximum Gasteiger partial charge on any atom is 0.0621 e. The summed E-state index contributed by atoms with van der Waals surface area (Å²) in [6.45, 7) is 7.70. The molecule has 0 bridgehead atoms. The fourth-order valence-corrected chi connectivity index (χ4v) is 3.09. The van der Waals surface area contributed by atoms with Crippen molar-refractivity contribution in [3.05, 3.63) is 0 Å². The summed E-state index contributed by atoms with van der Waals surface area (Å²) in [6, 6.07) is 0. The predicted octanol–water partition coefficient (Wildman–Crippen LogP) is 5.45. The van der Waals surface area contributed by atoms with Gasteiger partial charge in [-0.1, -0.05) is 65.7 Å². The Bertz CT molecular complexity index is 194. The summed E-state index contributed by atoms with van der Waals surface area (Å²) in [6.07, 6.45) is 12.0. The monoisotopic (exact) mass is 286 g/mol. The summed E-state index contributed by atoms with van der Waals surface area (Å²) in [5, 5.41) is 0.